The van der Waals surface area contributed by atoms with E-state index in [0.29, 0.717) is 13.2 Å². The van der Waals surface area contributed by atoms with Gasteiger partial charge in [0.05, 0.1) is 0 Å². The summed E-state index contributed by atoms with van der Waals surface area (Å²) in [7, 11) is 0. The zero-order valence-corrected chi connectivity index (χ0v) is 15.0. The predicted molar refractivity (Wildman–Crippen MR) is 99.2 cm³/mol. The standard InChI is InChI=1S/C21H23NO5/c23-21(24)26-17-4-3-11-22(13-17)12-15-7-9-16(10-8-15)20-14-25-18-5-1-2-6-19(18)27-20/h1-2,5-10,17,20H,3-4,11-14H2,(H,23,24)/t17-,20-/m1/s1. The Morgan fingerprint density at radius 1 is 1.15 bits per heavy atom. The van der Waals surface area contributed by atoms with E-state index < -0.39 is 6.16 Å². The number of piperidine rings is 1. The smallest absolute Gasteiger partial charge is 0.485 e. The highest BCUT2D eigenvalue weighted by molar-refractivity contribution is 5.57. The van der Waals surface area contributed by atoms with Crippen LogP contribution in [0.1, 0.15) is 30.1 Å². The molecule has 6 heteroatoms. The lowest BCUT2D eigenvalue weighted by Gasteiger charge is -2.31. The normalized spacial score (nSPS) is 22.2. The molecule has 2 aromatic rings. The van der Waals surface area contributed by atoms with E-state index in [2.05, 4.69) is 29.2 Å². The van der Waals surface area contributed by atoms with Crippen molar-refractivity contribution in [3.8, 4) is 11.5 Å². The molecule has 0 spiro atoms. The molecule has 2 aliphatic heterocycles. The second-order valence-corrected chi connectivity index (χ2v) is 6.99. The van der Waals surface area contributed by atoms with Gasteiger partial charge in [0.25, 0.3) is 0 Å². The van der Waals surface area contributed by atoms with Crippen molar-refractivity contribution in [2.75, 3.05) is 19.7 Å². The molecule has 0 radical (unpaired) electrons. The first-order valence-corrected chi connectivity index (χ1v) is 9.26. The summed E-state index contributed by atoms with van der Waals surface area (Å²) in [4.78, 5) is 13.0. The minimum absolute atomic E-state index is 0.114. The van der Waals surface area contributed by atoms with Crippen molar-refractivity contribution in [1.82, 2.24) is 4.90 Å². The van der Waals surface area contributed by atoms with Crippen molar-refractivity contribution in [3.63, 3.8) is 0 Å². The number of carboxylic acid groups (broad SMARTS) is 1. The highest BCUT2D eigenvalue weighted by Gasteiger charge is 2.24. The molecule has 0 aromatic heterocycles. The van der Waals surface area contributed by atoms with E-state index >= 15 is 0 Å². The van der Waals surface area contributed by atoms with Gasteiger partial charge in [-0.25, -0.2) is 4.79 Å². The lowest BCUT2D eigenvalue weighted by molar-refractivity contribution is 0.0117. The van der Waals surface area contributed by atoms with Crippen molar-refractivity contribution in [2.45, 2.75) is 31.6 Å². The van der Waals surface area contributed by atoms with Crippen LogP contribution in [0.4, 0.5) is 4.79 Å². The molecule has 0 saturated carbocycles. The summed E-state index contributed by atoms with van der Waals surface area (Å²) in [5.74, 6) is 1.56. The van der Waals surface area contributed by atoms with E-state index in [0.717, 1.165) is 43.0 Å². The van der Waals surface area contributed by atoms with Crippen LogP contribution in [0.25, 0.3) is 0 Å². The largest absolute Gasteiger partial charge is 0.506 e. The molecule has 6 nitrogen and oxygen atoms in total. The fraction of sp³-hybridized carbons (Fsp3) is 0.381. The third-order valence-electron chi connectivity index (χ3n) is 5.00. The zero-order chi connectivity index (χ0) is 18.6. The van der Waals surface area contributed by atoms with E-state index in [9.17, 15) is 4.79 Å². The summed E-state index contributed by atoms with van der Waals surface area (Å²) in [6.07, 6.45) is 0.202. The van der Waals surface area contributed by atoms with Gasteiger partial charge in [-0.2, -0.15) is 0 Å². The molecule has 27 heavy (non-hydrogen) atoms. The number of carbonyl (C=O) groups is 1. The Kier molecular flexibility index (Phi) is 5.16. The molecule has 0 unspecified atom stereocenters. The van der Waals surface area contributed by atoms with Gasteiger partial charge in [-0.3, -0.25) is 4.90 Å². The Balaban J connectivity index is 1.36. The summed E-state index contributed by atoms with van der Waals surface area (Å²) < 4.78 is 16.8. The number of rotatable bonds is 4. The number of hydrogen-bond donors (Lipinski definition) is 1. The van der Waals surface area contributed by atoms with E-state index in [1.165, 1.54) is 5.56 Å². The van der Waals surface area contributed by atoms with Gasteiger partial charge in [-0.15, -0.1) is 0 Å². The predicted octanol–water partition coefficient (Wildman–Crippen LogP) is 3.86. The van der Waals surface area contributed by atoms with Gasteiger partial charge < -0.3 is 19.3 Å². The molecule has 142 valence electrons. The van der Waals surface area contributed by atoms with Gasteiger partial charge in [0, 0.05) is 13.1 Å². The third-order valence-corrected chi connectivity index (χ3v) is 5.00. The third kappa shape index (κ3) is 4.34. The van der Waals surface area contributed by atoms with Crippen LogP contribution in [0.5, 0.6) is 11.5 Å². The quantitative estimate of drug-likeness (QED) is 0.826. The van der Waals surface area contributed by atoms with E-state index in [1.807, 2.05) is 24.3 Å². The Morgan fingerprint density at radius 2 is 1.93 bits per heavy atom. The molecule has 1 saturated heterocycles. The lowest BCUT2D eigenvalue weighted by Crippen LogP contribution is -2.39. The fourth-order valence-electron chi connectivity index (χ4n) is 3.68. The summed E-state index contributed by atoms with van der Waals surface area (Å²) in [5.41, 5.74) is 2.27. The summed E-state index contributed by atoms with van der Waals surface area (Å²) in [6.45, 7) is 2.88. The fourth-order valence-corrected chi connectivity index (χ4v) is 3.68. The number of likely N-dealkylation sites (tertiary alicyclic amines) is 1. The molecular formula is C21H23NO5. The number of para-hydroxylation sites is 2. The summed E-state index contributed by atoms with van der Waals surface area (Å²) in [6, 6.07) is 16.1. The monoisotopic (exact) mass is 369 g/mol. The van der Waals surface area contributed by atoms with E-state index in [4.69, 9.17) is 19.3 Å². The molecule has 4 rings (SSSR count). The van der Waals surface area contributed by atoms with Crippen molar-refractivity contribution in [2.24, 2.45) is 0 Å². The van der Waals surface area contributed by atoms with Crippen LogP contribution in [0.2, 0.25) is 0 Å². The lowest BCUT2D eigenvalue weighted by atomic mass is 10.0. The molecule has 1 N–H and O–H groups in total. The molecule has 2 aliphatic rings. The Bertz CT molecular complexity index is 791. The SMILES string of the molecule is O=C(O)O[C@@H]1CCCN(Cc2ccc([C@H]3COc4ccccc4O3)cc2)C1. The minimum Gasteiger partial charge on any atom is -0.485 e. The van der Waals surface area contributed by atoms with Crippen molar-refractivity contribution < 1.29 is 24.1 Å². The number of nitrogens with zero attached hydrogens (tertiary/aromatic N) is 1. The number of ether oxygens (including phenoxy) is 3. The number of hydrogen-bond acceptors (Lipinski definition) is 5. The maximum absolute atomic E-state index is 10.7. The van der Waals surface area contributed by atoms with Crippen molar-refractivity contribution in [1.29, 1.82) is 0 Å². The van der Waals surface area contributed by atoms with Crippen LogP contribution >= 0.6 is 0 Å². The highest BCUT2D eigenvalue weighted by atomic mass is 16.7. The van der Waals surface area contributed by atoms with Crippen LogP contribution in [-0.2, 0) is 11.3 Å². The Hall–Kier alpha value is -2.73. The first-order valence-electron chi connectivity index (χ1n) is 9.26. The second-order valence-electron chi connectivity index (χ2n) is 6.99. The molecule has 0 amide bonds. The number of benzene rings is 2. The Labute approximate surface area is 158 Å². The molecule has 2 aromatic carbocycles. The molecular weight excluding hydrogens is 346 g/mol. The van der Waals surface area contributed by atoms with Crippen molar-refractivity contribution in [3.05, 3.63) is 59.7 Å². The first kappa shape index (κ1) is 17.7. The van der Waals surface area contributed by atoms with Crippen LogP contribution in [-0.4, -0.2) is 42.0 Å². The van der Waals surface area contributed by atoms with Crippen molar-refractivity contribution >= 4 is 6.16 Å². The van der Waals surface area contributed by atoms with Gasteiger partial charge in [0.15, 0.2) is 17.6 Å². The van der Waals surface area contributed by atoms with Crippen LogP contribution in [0.15, 0.2) is 48.5 Å². The average Bonchev–Trinajstić information content (AvgIpc) is 2.68. The second kappa shape index (κ2) is 7.88. The summed E-state index contributed by atoms with van der Waals surface area (Å²) >= 11 is 0. The molecule has 0 aliphatic carbocycles. The number of fused-ring (bicyclic) bond motifs is 1. The van der Waals surface area contributed by atoms with Crippen LogP contribution in [0, 0.1) is 0 Å². The van der Waals surface area contributed by atoms with E-state index in [1.54, 1.807) is 0 Å². The molecule has 2 atom stereocenters. The van der Waals surface area contributed by atoms with E-state index in [-0.39, 0.29) is 12.2 Å². The average molecular weight is 369 g/mol. The van der Waals surface area contributed by atoms with Crippen LogP contribution < -0.4 is 9.47 Å². The van der Waals surface area contributed by atoms with Gasteiger partial charge in [-0.1, -0.05) is 36.4 Å². The summed E-state index contributed by atoms with van der Waals surface area (Å²) in [5, 5.41) is 8.79. The first-order chi connectivity index (χ1) is 13.2. The topological polar surface area (TPSA) is 68.2 Å². The minimum atomic E-state index is -1.19. The maximum Gasteiger partial charge on any atom is 0.506 e. The van der Waals surface area contributed by atoms with Gasteiger partial charge in [0.2, 0.25) is 0 Å². The maximum atomic E-state index is 10.7. The van der Waals surface area contributed by atoms with Crippen LogP contribution in [0.3, 0.4) is 0 Å². The van der Waals surface area contributed by atoms with Gasteiger partial charge >= 0.3 is 6.16 Å². The molecule has 1 fully saturated rings. The Morgan fingerprint density at radius 3 is 2.70 bits per heavy atom. The van der Waals surface area contributed by atoms with Gasteiger partial charge in [-0.05, 0) is 42.6 Å². The molecule has 2 heterocycles. The highest BCUT2D eigenvalue weighted by Crippen LogP contribution is 2.35. The molecule has 0 bridgehead atoms. The zero-order valence-electron chi connectivity index (χ0n) is 15.0. The van der Waals surface area contributed by atoms with Gasteiger partial charge in [0.1, 0.15) is 12.7 Å².